The maximum Gasteiger partial charge on any atom is 0.269 e. The van der Waals surface area contributed by atoms with Crippen molar-refractivity contribution in [2.24, 2.45) is 5.73 Å². The number of rotatable bonds is 6. The largest absolute Gasteiger partial charge is 0.364 e. The fraction of sp³-hybridized carbons (Fsp3) is 0.185. The number of amides is 3. The first-order valence-corrected chi connectivity index (χ1v) is 12.1. The van der Waals surface area contributed by atoms with Gasteiger partial charge in [-0.25, -0.2) is 4.39 Å². The van der Waals surface area contributed by atoms with Crippen LogP contribution in [-0.2, 0) is 16.1 Å². The molecule has 3 aromatic carbocycles. The number of aromatic nitrogens is 2. The quantitative estimate of drug-likeness (QED) is 0.397. The molecule has 0 bridgehead atoms. The van der Waals surface area contributed by atoms with Crippen LogP contribution in [0.2, 0.25) is 5.02 Å². The van der Waals surface area contributed by atoms with E-state index < -0.39 is 23.7 Å². The predicted octanol–water partition coefficient (Wildman–Crippen LogP) is 4.22. The summed E-state index contributed by atoms with van der Waals surface area (Å²) in [5.74, 6) is -2.12. The summed E-state index contributed by atoms with van der Waals surface area (Å²) in [6.45, 7) is 0.203. The van der Waals surface area contributed by atoms with Crippen LogP contribution in [0.4, 0.5) is 10.1 Å². The second kappa shape index (κ2) is 10.0. The van der Waals surface area contributed by atoms with Crippen molar-refractivity contribution < 1.29 is 18.8 Å². The highest BCUT2D eigenvalue weighted by atomic mass is 35.5. The lowest BCUT2D eigenvalue weighted by Gasteiger charge is -2.24. The summed E-state index contributed by atoms with van der Waals surface area (Å²) >= 11 is 6.24. The van der Waals surface area contributed by atoms with Crippen LogP contribution in [0.1, 0.15) is 23.3 Å². The molecule has 1 saturated heterocycles. The van der Waals surface area contributed by atoms with E-state index in [0.717, 1.165) is 0 Å². The molecule has 2 heterocycles. The van der Waals surface area contributed by atoms with Crippen molar-refractivity contribution in [3.63, 3.8) is 0 Å². The molecule has 4 aromatic rings. The first-order chi connectivity index (χ1) is 17.8. The molecule has 5 rings (SSSR count). The highest BCUT2D eigenvalue weighted by Gasteiger charge is 2.35. The number of hydrogen-bond donors (Lipinski definition) is 2. The summed E-state index contributed by atoms with van der Waals surface area (Å²) in [6.07, 6.45) is 1.06. The summed E-state index contributed by atoms with van der Waals surface area (Å²) in [5, 5.41) is 7.81. The lowest BCUT2D eigenvalue weighted by Crippen LogP contribution is -2.44. The van der Waals surface area contributed by atoms with E-state index in [-0.39, 0.29) is 29.4 Å². The van der Waals surface area contributed by atoms with Crippen LogP contribution in [0.3, 0.4) is 0 Å². The number of likely N-dealkylation sites (tertiary alicyclic amines) is 1. The van der Waals surface area contributed by atoms with E-state index in [1.54, 1.807) is 60.7 Å². The Morgan fingerprint density at radius 1 is 1.03 bits per heavy atom. The average Bonchev–Trinajstić information content (AvgIpc) is 3.52. The van der Waals surface area contributed by atoms with Crippen LogP contribution in [0.15, 0.2) is 66.7 Å². The predicted molar refractivity (Wildman–Crippen MR) is 138 cm³/mol. The lowest BCUT2D eigenvalue weighted by atomic mass is 10.0. The molecule has 0 aliphatic carbocycles. The molecule has 1 aliphatic heterocycles. The number of carbonyl (C=O) groups excluding carboxylic acids is 3. The normalized spacial score (nSPS) is 15.2. The standard InChI is InChI=1S/C27H23ClFN5O3/c28-19-10-3-1-7-16(19)17-9-5-11-20(24(17)29)31-27(37)22-13-6-14-33(22)23(35)15-34-21-12-4-2-8-18(21)25(32-34)26(30)36/h1-5,7-12,22H,6,13-15H2,(H2,30,36)(H,31,37)/t22-/m0/s1. The van der Waals surface area contributed by atoms with Crippen molar-refractivity contribution in [2.45, 2.75) is 25.4 Å². The number of carbonyl (C=O) groups is 3. The molecule has 37 heavy (non-hydrogen) atoms. The molecule has 3 amide bonds. The van der Waals surface area contributed by atoms with Gasteiger partial charge in [-0.2, -0.15) is 5.10 Å². The van der Waals surface area contributed by atoms with E-state index >= 15 is 4.39 Å². The Hall–Kier alpha value is -4.24. The number of nitrogens with two attached hydrogens (primary N) is 1. The van der Waals surface area contributed by atoms with Crippen LogP contribution in [0.5, 0.6) is 0 Å². The van der Waals surface area contributed by atoms with Crippen LogP contribution in [0.25, 0.3) is 22.0 Å². The Bertz CT molecular complexity index is 1540. The minimum Gasteiger partial charge on any atom is -0.364 e. The van der Waals surface area contributed by atoms with Gasteiger partial charge in [-0.3, -0.25) is 19.1 Å². The topological polar surface area (TPSA) is 110 Å². The SMILES string of the molecule is NC(=O)c1nn(CC(=O)N2CCC[C@H]2C(=O)Nc2cccc(-c3ccccc3Cl)c2F)c2ccccc12. The lowest BCUT2D eigenvalue weighted by molar-refractivity contribution is -0.137. The molecular formula is C27H23ClFN5O3. The van der Waals surface area contributed by atoms with Gasteiger partial charge >= 0.3 is 0 Å². The first-order valence-electron chi connectivity index (χ1n) is 11.7. The number of nitrogens with one attached hydrogen (secondary N) is 1. The van der Waals surface area contributed by atoms with Crippen LogP contribution in [-0.4, -0.2) is 45.0 Å². The van der Waals surface area contributed by atoms with Crippen LogP contribution in [0, 0.1) is 5.82 Å². The molecule has 0 unspecified atom stereocenters. The zero-order valence-corrected chi connectivity index (χ0v) is 20.4. The number of primary amides is 1. The molecule has 0 saturated carbocycles. The first kappa shape index (κ1) is 24.5. The number of para-hydroxylation sites is 1. The highest BCUT2D eigenvalue weighted by molar-refractivity contribution is 6.33. The van der Waals surface area contributed by atoms with Crippen molar-refractivity contribution in [3.8, 4) is 11.1 Å². The summed E-state index contributed by atoms with van der Waals surface area (Å²) in [5.41, 5.74) is 6.89. The van der Waals surface area contributed by atoms with E-state index in [4.69, 9.17) is 17.3 Å². The van der Waals surface area contributed by atoms with Crippen molar-refractivity contribution in [2.75, 3.05) is 11.9 Å². The van der Waals surface area contributed by atoms with Gasteiger partial charge in [-0.05, 0) is 31.0 Å². The van der Waals surface area contributed by atoms with E-state index in [9.17, 15) is 14.4 Å². The minimum atomic E-state index is -0.770. The Morgan fingerprint density at radius 2 is 1.76 bits per heavy atom. The van der Waals surface area contributed by atoms with E-state index in [2.05, 4.69) is 10.4 Å². The number of benzene rings is 3. The van der Waals surface area contributed by atoms with Crippen molar-refractivity contribution in [1.82, 2.24) is 14.7 Å². The molecule has 1 atom stereocenters. The van der Waals surface area contributed by atoms with Crippen LogP contribution < -0.4 is 11.1 Å². The van der Waals surface area contributed by atoms with Crippen molar-refractivity contribution in [3.05, 3.63) is 83.3 Å². The highest BCUT2D eigenvalue weighted by Crippen LogP contribution is 2.33. The summed E-state index contributed by atoms with van der Waals surface area (Å²) in [7, 11) is 0. The minimum absolute atomic E-state index is 0.00545. The van der Waals surface area contributed by atoms with Crippen molar-refractivity contribution >= 4 is 45.9 Å². The molecule has 0 radical (unpaired) electrons. The number of fused-ring (bicyclic) bond motifs is 1. The Labute approximate surface area is 216 Å². The molecule has 1 fully saturated rings. The molecule has 10 heteroatoms. The van der Waals surface area contributed by atoms with Gasteiger partial charge in [0.15, 0.2) is 11.5 Å². The number of hydrogen-bond acceptors (Lipinski definition) is 4. The molecule has 0 spiro atoms. The van der Waals surface area contributed by atoms with Crippen LogP contribution >= 0.6 is 11.6 Å². The third-order valence-corrected chi connectivity index (χ3v) is 6.80. The van der Waals surface area contributed by atoms with Gasteiger partial charge < -0.3 is 16.0 Å². The average molecular weight is 520 g/mol. The van der Waals surface area contributed by atoms with Gasteiger partial charge in [-0.1, -0.05) is 60.1 Å². The Balaban J connectivity index is 1.35. The molecule has 1 aliphatic rings. The van der Waals surface area contributed by atoms with Gasteiger partial charge in [0.05, 0.1) is 11.2 Å². The number of nitrogens with zero attached hydrogens (tertiary/aromatic N) is 3. The summed E-state index contributed by atoms with van der Waals surface area (Å²) < 4.78 is 16.8. The number of halogens is 2. The van der Waals surface area contributed by atoms with E-state index in [1.807, 2.05) is 0 Å². The fourth-order valence-electron chi connectivity index (χ4n) is 4.72. The van der Waals surface area contributed by atoms with E-state index in [1.165, 1.54) is 15.6 Å². The van der Waals surface area contributed by atoms with Crippen molar-refractivity contribution in [1.29, 1.82) is 0 Å². The Morgan fingerprint density at radius 3 is 2.54 bits per heavy atom. The maximum absolute atomic E-state index is 15.3. The molecule has 1 aromatic heterocycles. The zero-order chi connectivity index (χ0) is 26.1. The summed E-state index contributed by atoms with van der Waals surface area (Å²) in [4.78, 5) is 39.7. The van der Waals surface area contributed by atoms with Gasteiger partial charge in [0, 0.05) is 28.1 Å². The van der Waals surface area contributed by atoms with Gasteiger partial charge in [-0.15, -0.1) is 0 Å². The third kappa shape index (κ3) is 4.65. The smallest absolute Gasteiger partial charge is 0.269 e. The maximum atomic E-state index is 15.3. The molecule has 8 nitrogen and oxygen atoms in total. The summed E-state index contributed by atoms with van der Waals surface area (Å²) in [6, 6.07) is 17.8. The fourth-order valence-corrected chi connectivity index (χ4v) is 4.96. The second-order valence-corrected chi connectivity index (χ2v) is 9.18. The zero-order valence-electron chi connectivity index (χ0n) is 19.7. The third-order valence-electron chi connectivity index (χ3n) is 6.47. The Kier molecular flexibility index (Phi) is 6.62. The van der Waals surface area contributed by atoms with Gasteiger partial charge in [0.25, 0.3) is 5.91 Å². The molecule has 188 valence electrons. The van der Waals surface area contributed by atoms with E-state index in [0.29, 0.717) is 40.9 Å². The van der Waals surface area contributed by atoms with Gasteiger partial charge in [0.1, 0.15) is 12.6 Å². The number of anilines is 1. The molecule has 3 N–H and O–H groups in total. The second-order valence-electron chi connectivity index (χ2n) is 8.77. The monoisotopic (exact) mass is 519 g/mol. The van der Waals surface area contributed by atoms with Gasteiger partial charge in [0.2, 0.25) is 11.8 Å². The molecular weight excluding hydrogens is 497 g/mol.